The highest BCUT2D eigenvalue weighted by atomic mass is 127. The monoisotopic (exact) mass is 554 g/mol. The van der Waals surface area contributed by atoms with Gasteiger partial charge in [0.1, 0.15) is 5.60 Å². The summed E-state index contributed by atoms with van der Waals surface area (Å²) >= 11 is 0. The summed E-state index contributed by atoms with van der Waals surface area (Å²) in [6.07, 6.45) is 4.65. The third-order valence-corrected chi connectivity index (χ3v) is 5.25. The number of halogens is 1. The molecular formula is C23H35IN6O2. The number of alkyl carbamates (subject to hydrolysis) is 1. The minimum Gasteiger partial charge on any atom is -0.444 e. The lowest BCUT2D eigenvalue weighted by Crippen LogP contribution is -2.45. The Morgan fingerprint density at radius 3 is 2.62 bits per heavy atom. The van der Waals surface area contributed by atoms with Crippen LogP contribution < -0.4 is 10.6 Å². The maximum Gasteiger partial charge on any atom is 0.408 e. The number of amides is 1. The second-order valence-electron chi connectivity index (χ2n) is 8.92. The Labute approximate surface area is 207 Å². The van der Waals surface area contributed by atoms with Gasteiger partial charge in [0.15, 0.2) is 5.96 Å². The summed E-state index contributed by atoms with van der Waals surface area (Å²) in [6.45, 7) is 7.89. The highest BCUT2D eigenvalue weighted by Crippen LogP contribution is 2.26. The number of rotatable bonds is 5. The van der Waals surface area contributed by atoms with Crippen molar-refractivity contribution in [1.29, 1.82) is 0 Å². The molecule has 1 saturated heterocycles. The van der Waals surface area contributed by atoms with Crippen LogP contribution in [-0.4, -0.2) is 59.0 Å². The van der Waals surface area contributed by atoms with Crippen molar-refractivity contribution in [3.05, 3.63) is 53.9 Å². The van der Waals surface area contributed by atoms with E-state index < -0.39 is 11.7 Å². The third kappa shape index (κ3) is 7.39. The van der Waals surface area contributed by atoms with E-state index in [0.29, 0.717) is 12.5 Å². The van der Waals surface area contributed by atoms with E-state index in [0.717, 1.165) is 31.0 Å². The summed E-state index contributed by atoms with van der Waals surface area (Å²) in [6, 6.07) is 9.65. The van der Waals surface area contributed by atoms with Gasteiger partial charge in [0.25, 0.3) is 0 Å². The Kier molecular flexibility index (Phi) is 9.35. The lowest BCUT2D eigenvalue weighted by molar-refractivity contribution is 0.0504. The van der Waals surface area contributed by atoms with Crippen molar-refractivity contribution in [2.24, 2.45) is 12.0 Å². The first kappa shape index (κ1) is 26.0. The highest BCUT2D eigenvalue weighted by molar-refractivity contribution is 14.0. The summed E-state index contributed by atoms with van der Waals surface area (Å²) in [5.74, 6) is 1.27. The number of nitrogens with one attached hydrogen (secondary N) is 2. The number of likely N-dealkylation sites (tertiary alicyclic amines) is 1. The van der Waals surface area contributed by atoms with Crippen LogP contribution in [0.2, 0.25) is 0 Å². The number of aryl methyl sites for hydroxylation is 1. The Morgan fingerprint density at radius 1 is 1.31 bits per heavy atom. The summed E-state index contributed by atoms with van der Waals surface area (Å²) in [5, 5.41) is 10.7. The van der Waals surface area contributed by atoms with Gasteiger partial charge in [-0.15, -0.1) is 24.0 Å². The highest BCUT2D eigenvalue weighted by Gasteiger charge is 2.28. The van der Waals surface area contributed by atoms with Crippen molar-refractivity contribution in [3.63, 3.8) is 0 Å². The summed E-state index contributed by atoms with van der Waals surface area (Å²) < 4.78 is 7.31. The molecule has 0 bridgehead atoms. The van der Waals surface area contributed by atoms with Gasteiger partial charge in [-0.1, -0.05) is 30.3 Å². The molecule has 1 fully saturated rings. The van der Waals surface area contributed by atoms with Gasteiger partial charge in [-0.2, -0.15) is 5.10 Å². The average Bonchev–Trinajstić information content (AvgIpc) is 3.36. The largest absolute Gasteiger partial charge is 0.444 e. The maximum atomic E-state index is 12.4. The number of hydrogen-bond acceptors (Lipinski definition) is 4. The van der Waals surface area contributed by atoms with Gasteiger partial charge in [0, 0.05) is 45.8 Å². The molecule has 1 amide bonds. The molecule has 0 aliphatic carbocycles. The maximum absolute atomic E-state index is 12.4. The normalized spacial score (nSPS) is 17.5. The molecule has 8 nitrogen and oxygen atoms in total. The van der Waals surface area contributed by atoms with Crippen LogP contribution in [0, 0.1) is 0 Å². The van der Waals surface area contributed by atoms with Crippen molar-refractivity contribution in [3.8, 4) is 0 Å². The molecule has 2 aromatic rings. The number of carbonyl (C=O) groups is 1. The van der Waals surface area contributed by atoms with Gasteiger partial charge >= 0.3 is 6.09 Å². The van der Waals surface area contributed by atoms with Gasteiger partial charge < -0.3 is 20.3 Å². The van der Waals surface area contributed by atoms with Crippen molar-refractivity contribution in [2.75, 3.05) is 26.7 Å². The Balaban J connectivity index is 0.00000363. The zero-order valence-corrected chi connectivity index (χ0v) is 21.9. The molecule has 0 spiro atoms. The third-order valence-electron chi connectivity index (χ3n) is 5.25. The molecule has 0 saturated carbocycles. The summed E-state index contributed by atoms with van der Waals surface area (Å²) in [4.78, 5) is 19.1. The van der Waals surface area contributed by atoms with E-state index in [1.807, 2.05) is 69.0 Å². The Bertz CT molecular complexity index is 893. The lowest BCUT2D eigenvalue weighted by atomic mass is 10.0. The number of guanidine groups is 1. The average molecular weight is 554 g/mol. The lowest BCUT2D eigenvalue weighted by Gasteiger charge is -2.27. The van der Waals surface area contributed by atoms with Crippen LogP contribution in [0.15, 0.2) is 47.7 Å². The number of benzene rings is 1. The molecule has 1 aliphatic heterocycles. The van der Waals surface area contributed by atoms with E-state index in [4.69, 9.17) is 4.74 Å². The Hall–Kier alpha value is -2.30. The topological polar surface area (TPSA) is 83.8 Å². The van der Waals surface area contributed by atoms with Gasteiger partial charge in [0.2, 0.25) is 0 Å². The van der Waals surface area contributed by atoms with Gasteiger partial charge in [-0.25, -0.2) is 4.79 Å². The molecule has 176 valence electrons. The minimum atomic E-state index is -0.550. The zero-order valence-electron chi connectivity index (χ0n) is 19.5. The predicted octanol–water partition coefficient (Wildman–Crippen LogP) is 3.67. The fraction of sp³-hybridized carbons (Fsp3) is 0.522. The van der Waals surface area contributed by atoms with Crippen LogP contribution in [0.5, 0.6) is 0 Å². The van der Waals surface area contributed by atoms with E-state index in [2.05, 4.69) is 31.8 Å². The zero-order chi connectivity index (χ0) is 22.4. The van der Waals surface area contributed by atoms with Gasteiger partial charge in [-0.05, 0) is 38.3 Å². The minimum absolute atomic E-state index is 0. The fourth-order valence-electron chi connectivity index (χ4n) is 3.79. The molecule has 9 heteroatoms. The summed E-state index contributed by atoms with van der Waals surface area (Å²) in [5.41, 5.74) is 1.71. The van der Waals surface area contributed by atoms with E-state index in [9.17, 15) is 4.79 Å². The van der Waals surface area contributed by atoms with E-state index >= 15 is 0 Å². The molecule has 2 atom stereocenters. The molecule has 1 aliphatic rings. The molecule has 2 heterocycles. The van der Waals surface area contributed by atoms with E-state index in [-0.39, 0.29) is 30.0 Å². The van der Waals surface area contributed by atoms with Gasteiger partial charge in [0.05, 0.1) is 12.2 Å². The van der Waals surface area contributed by atoms with Crippen LogP contribution in [-0.2, 0) is 11.8 Å². The molecule has 2 unspecified atom stereocenters. The Morgan fingerprint density at radius 2 is 2.03 bits per heavy atom. The number of nitrogens with zero attached hydrogens (tertiary/aromatic N) is 4. The fourth-order valence-corrected chi connectivity index (χ4v) is 3.79. The summed E-state index contributed by atoms with van der Waals surface area (Å²) in [7, 11) is 3.73. The molecule has 2 N–H and O–H groups in total. The van der Waals surface area contributed by atoms with Gasteiger partial charge in [-0.3, -0.25) is 9.67 Å². The number of aromatic nitrogens is 2. The molecule has 1 aromatic heterocycles. The van der Waals surface area contributed by atoms with Crippen molar-refractivity contribution < 1.29 is 9.53 Å². The standard InChI is InChI=1S/C23H34N6O2.HI/c1-23(2,3)31-22(30)27-20(17-9-7-6-8-10-17)14-25-21(24-4)29-12-11-18(16-29)19-13-26-28(5)15-19;/h6-10,13,15,18,20H,11-12,14,16H2,1-5H3,(H,24,25)(H,27,30);1H. The molecule has 1 aromatic carbocycles. The molecule has 0 radical (unpaired) electrons. The van der Waals surface area contributed by atoms with E-state index in [1.165, 1.54) is 5.56 Å². The van der Waals surface area contributed by atoms with E-state index in [1.54, 1.807) is 7.05 Å². The number of hydrogen-bond donors (Lipinski definition) is 2. The predicted molar refractivity (Wildman–Crippen MR) is 137 cm³/mol. The number of carbonyl (C=O) groups excluding carboxylic acids is 1. The van der Waals surface area contributed by atoms with Crippen LogP contribution >= 0.6 is 24.0 Å². The first-order valence-electron chi connectivity index (χ1n) is 10.7. The van der Waals surface area contributed by atoms with Crippen LogP contribution in [0.25, 0.3) is 0 Å². The number of ether oxygens (including phenoxy) is 1. The first-order valence-corrected chi connectivity index (χ1v) is 10.7. The molecule has 32 heavy (non-hydrogen) atoms. The molecular weight excluding hydrogens is 519 g/mol. The SMILES string of the molecule is CN=C(NCC(NC(=O)OC(C)(C)C)c1ccccc1)N1CCC(c2cnn(C)c2)C1.I. The second-order valence-corrected chi connectivity index (χ2v) is 8.92. The first-order chi connectivity index (χ1) is 14.7. The van der Waals surface area contributed by atoms with Crippen LogP contribution in [0.4, 0.5) is 4.79 Å². The smallest absolute Gasteiger partial charge is 0.408 e. The van der Waals surface area contributed by atoms with Crippen molar-refractivity contribution in [1.82, 2.24) is 25.3 Å². The number of aliphatic imine (C=N–C) groups is 1. The van der Waals surface area contributed by atoms with Crippen molar-refractivity contribution in [2.45, 2.75) is 44.8 Å². The van der Waals surface area contributed by atoms with Crippen LogP contribution in [0.1, 0.15) is 50.3 Å². The second kappa shape index (κ2) is 11.5. The quantitative estimate of drug-likeness (QED) is 0.335. The molecule has 3 rings (SSSR count). The van der Waals surface area contributed by atoms with Crippen LogP contribution in [0.3, 0.4) is 0 Å². The van der Waals surface area contributed by atoms with Crippen molar-refractivity contribution >= 4 is 36.0 Å².